The van der Waals surface area contributed by atoms with Crippen LogP contribution in [0.15, 0.2) is 36.5 Å². The highest BCUT2D eigenvalue weighted by Gasteiger charge is 2.11. The molecule has 2 N–H and O–H groups in total. The van der Waals surface area contributed by atoms with Crippen molar-refractivity contribution in [2.45, 2.75) is 0 Å². The second-order valence-corrected chi connectivity index (χ2v) is 3.66. The normalized spacial score (nSPS) is 9.94. The molecule has 0 unspecified atom stereocenters. The fourth-order valence-electron chi connectivity index (χ4n) is 1.25. The number of carbonyl (C=O) groups excluding carboxylic acids is 1. The highest BCUT2D eigenvalue weighted by molar-refractivity contribution is 6.30. The number of nitrogens with one attached hydrogen (secondary N) is 1. The number of aromatic nitrogens is 2. The molecule has 1 heterocycles. The molecule has 0 atom stereocenters. The highest BCUT2D eigenvalue weighted by atomic mass is 35.5. The second kappa shape index (κ2) is 4.80. The summed E-state index contributed by atoms with van der Waals surface area (Å²) in [6.07, 6.45) is 1.50. The summed E-state index contributed by atoms with van der Waals surface area (Å²) in [5.41, 5.74) is 0.125. The molecule has 1 aromatic heterocycles. The lowest BCUT2D eigenvalue weighted by Gasteiger charge is -2.05. The van der Waals surface area contributed by atoms with Gasteiger partial charge in [0.05, 0.1) is 5.56 Å². The van der Waals surface area contributed by atoms with E-state index >= 15 is 0 Å². The topological polar surface area (TPSA) is 75.1 Å². The van der Waals surface area contributed by atoms with Crippen LogP contribution in [0, 0.1) is 0 Å². The zero-order valence-electron chi connectivity index (χ0n) is 8.59. The average molecular weight is 250 g/mol. The quantitative estimate of drug-likeness (QED) is 0.855. The number of halogens is 1. The number of aromatic hydroxyl groups is 1. The molecule has 5 nitrogen and oxygen atoms in total. The summed E-state index contributed by atoms with van der Waals surface area (Å²) in [5.74, 6) is -0.342. The maximum atomic E-state index is 11.8. The van der Waals surface area contributed by atoms with Gasteiger partial charge in [0, 0.05) is 11.2 Å². The van der Waals surface area contributed by atoms with Gasteiger partial charge in [-0.1, -0.05) is 11.6 Å². The third-order valence-corrected chi connectivity index (χ3v) is 2.25. The van der Waals surface area contributed by atoms with E-state index in [0.29, 0.717) is 10.8 Å². The summed E-state index contributed by atoms with van der Waals surface area (Å²) in [7, 11) is 0. The summed E-state index contributed by atoms with van der Waals surface area (Å²) in [6.45, 7) is 0. The minimum Gasteiger partial charge on any atom is -0.507 e. The third-order valence-electron chi connectivity index (χ3n) is 2.02. The predicted octanol–water partition coefficient (Wildman–Crippen LogP) is 2.09. The predicted molar refractivity (Wildman–Crippen MR) is 63.1 cm³/mol. The molecule has 0 aliphatic carbocycles. The molecule has 0 saturated heterocycles. The van der Waals surface area contributed by atoms with E-state index in [1.807, 2.05) is 0 Å². The first-order valence-electron chi connectivity index (χ1n) is 4.74. The fourth-order valence-corrected chi connectivity index (χ4v) is 1.42. The van der Waals surface area contributed by atoms with Crippen molar-refractivity contribution in [2.75, 3.05) is 5.32 Å². The van der Waals surface area contributed by atoms with Crippen LogP contribution in [-0.2, 0) is 0 Å². The van der Waals surface area contributed by atoms with Crippen LogP contribution in [0.3, 0.4) is 0 Å². The van der Waals surface area contributed by atoms with E-state index in [1.165, 1.54) is 24.4 Å². The Bertz CT molecular complexity index is 546. The lowest BCUT2D eigenvalue weighted by Crippen LogP contribution is -2.13. The Kier molecular flexibility index (Phi) is 3.20. The molecule has 2 rings (SSSR count). The Hall–Kier alpha value is -2.14. The van der Waals surface area contributed by atoms with Gasteiger partial charge < -0.3 is 10.4 Å². The Morgan fingerprint density at radius 2 is 2.18 bits per heavy atom. The van der Waals surface area contributed by atoms with Crippen molar-refractivity contribution in [3.05, 3.63) is 47.1 Å². The lowest BCUT2D eigenvalue weighted by molar-refractivity contribution is 0.102. The first kappa shape index (κ1) is 11.3. The van der Waals surface area contributed by atoms with Crippen molar-refractivity contribution in [2.24, 2.45) is 0 Å². The van der Waals surface area contributed by atoms with Crippen LogP contribution >= 0.6 is 11.6 Å². The van der Waals surface area contributed by atoms with Gasteiger partial charge in [-0.05, 0) is 30.3 Å². The fraction of sp³-hybridized carbons (Fsp3) is 0. The zero-order chi connectivity index (χ0) is 12.3. The molecular formula is C11H8ClN3O2. The highest BCUT2D eigenvalue weighted by Crippen LogP contribution is 2.22. The second-order valence-electron chi connectivity index (χ2n) is 3.22. The van der Waals surface area contributed by atoms with Crippen LogP contribution in [0.25, 0.3) is 0 Å². The molecule has 1 amide bonds. The number of hydrogen-bond donors (Lipinski definition) is 2. The summed E-state index contributed by atoms with van der Waals surface area (Å²) in [4.78, 5) is 11.8. The van der Waals surface area contributed by atoms with Crippen LogP contribution in [0.4, 0.5) is 5.82 Å². The molecule has 0 aliphatic heterocycles. The molecule has 17 heavy (non-hydrogen) atoms. The van der Waals surface area contributed by atoms with Crippen molar-refractivity contribution >= 4 is 23.3 Å². The van der Waals surface area contributed by atoms with Gasteiger partial charge in [0.25, 0.3) is 5.91 Å². The first-order valence-corrected chi connectivity index (χ1v) is 5.12. The van der Waals surface area contributed by atoms with E-state index in [1.54, 1.807) is 12.1 Å². The standard InChI is InChI=1S/C11H8ClN3O2/c12-7-3-4-8(9(16)6-7)11(17)14-10-2-1-5-13-15-10/h1-6,16H,(H,14,15,17). The van der Waals surface area contributed by atoms with Crippen LogP contribution in [0.2, 0.25) is 5.02 Å². The number of carbonyl (C=O) groups is 1. The number of hydrogen-bond acceptors (Lipinski definition) is 4. The molecule has 1 aromatic carbocycles. The number of nitrogens with zero attached hydrogens (tertiary/aromatic N) is 2. The Morgan fingerprint density at radius 3 is 2.82 bits per heavy atom. The van der Waals surface area contributed by atoms with Crippen molar-refractivity contribution < 1.29 is 9.90 Å². The van der Waals surface area contributed by atoms with E-state index in [4.69, 9.17) is 11.6 Å². The van der Waals surface area contributed by atoms with Gasteiger partial charge in [0.15, 0.2) is 5.82 Å². The summed E-state index contributed by atoms with van der Waals surface area (Å²) >= 11 is 5.67. The average Bonchev–Trinajstić information content (AvgIpc) is 2.30. The van der Waals surface area contributed by atoms with Gasteiger partial charge in [-0.3, -0.25) is 4.79 Å². The largest absolute Gasteiger partial charge is 0.507 e. The van der Waals surface area contributed by atoms with E-state index < -0.39 is 5.91 Å². The summed E-state index contributed by atoms with van der Waals surface area (Å²) in [6, 6.07) is 7.49. The van der Waals surface area contributed by atoms with Gasteiger partial charge in [-0.15, -0.1) is 5.10 Å². The molecule has 0 aliphatic rings. The molecule has 0 bridgehead atoms. The minimum atomic E-state index is -0.473. The minimum absolute atomic E-state index is 0.125. The van der Waals surface area contributed by atoms with Crippen LogP contribution in [-0.4, -0.2) is 21.2 Å². The lowest BCUT2D eigenvalue weighted by atomic mass is 10.2. The molecule has 0 spiro atoms. The van der Waals surface area contributed by atoms with Crippen molar-refractivity contribution in [3.63, 3.8) is 0 Å². The number of benzene rings is 1. The van der Waals surface area contributed by atoms with E-state index in [-0.39, 0.29) is 11.3 Å². The maximum Gasteiger partial charge on any atom is 0.260 e. The van der Waals surface area contributed by atoms with Gasteiger partial charge in [0.2, 0.25) is 0 Å². The monoisotopic (exact) mass is 249 g/mol. The Morgan fingerprint density at radius 1 is 1.35 bits per heavy atom. The zero-order valence-corrected chi connectivity index (χ0v) is 9.35. The molecule has 0 saturated carbocycles. The third kappa shape index (κ3) is 2.70. The number of amides is 1. The Labute approximate surface area is 102 Å². The van der Waals surface area contributed by atoms with Crippen LogP contribution in [0.5, 0.6) is 5.75 Å². The van der Waals surface area contributed by atoms with Crippen LogP contribution in [0.1, 0.15) is 10.4 Å². The number of phenols is 1. The SMILES string of the molecule is O=C(Nc1cccnn1)c1ccc(Cl)cc1O. The van der Waals surface area contributed by atoms with Gasteiger partial charge in [-0.25, -0.2) is 0 Å². The molecule has 0 radical (unpaired) electrons. The van der Waals surface area contributed by atoms with Crippen molar-refractivity contribution in [3.8, 4) is 5.75 Å². The van der Waals surface area contributed by atoms with E-state index in [2.05, 4.69) is 15.5 Å². The Balaban J connectivity index is 2.21. The van der Waals surface area contributed by atoms with Gasteiger partial charge in [0.1, 0.15) is 5.75 Å². The first-order chi connectivity index (χ1) is 8.16. The van der Waals surface area contributed by atoms with Crippen molar-refractivity contribution in [1.29, 1.82) is 0 Å². The smallest absolute Gasteiger partial charge is 0.260 e. The molecule has 2 aromatic rings. The van der Waals surface area contributed by atoms with Crippen molar-refractivity contribution in [1.82, 2.24) is 10.2 Å². The summed E-state index contributed by atoms with van der Waals surface area (Å²) in [5, 5.41) is 19.7. The summed E-state index contributed by atoms with van der Waals surface area (Å²) < 4.78 is 0. The number of anilines is 1. The van der Waals surface area contributed by atoms with E-state index in [9.17, 15) is 9.90 Å². The van der Waals surface area contributed by atoms with Crippen LogP contribution < -0.4 is 5.32 Å². The maximum absolute atomic E-state index is 11.8. The number of rotatable bonds is 2. The van der Waals surface area contributed by atoms with Gasteiger partial charge >= 0.3 is 0 Å². The molecule has 86 valence electrons. The molecular weight excluding hydrogens is 242 g/mol. The van der Waals surface area contributed by atoms with Gasteiger partial charge in [-0.2, -0.15) is 5.10 Å². The number of phenolic OH excluding ortho intramolecular Hbond substituents is 1. The molecule has 0 fully saturated rings. The molecule has 6 heteroatoms. The van der Waals surface area contributed by atoms with E-state index in [0.717, 1.165) is 0 Å².